The van der Waals surface area contributed by atoms with Gasteiger partial charge in [0.05, 0.1) is 0 Å². The third-order valence-corrected chi connectivity index (χ3v) is 4.45. The number of likely N-dealkylation sites (tertiary alicyclic amines) is 1. The van der Waals surface area contributed by atoms with Crippen molar-refractivity contribution < 1.29 is 10.0 Å². The summed E-state index contributed by atoms with van der Waals surface area (Å²) < 4.78 is 0. The molecule has 0 bridgehead atoms. The van der Waals surface area contributed by atoms with Crippen LogP contribution in [0, 0.1) is 0 Å². The lowest BCUT2D eigenvalue weighted by Crippen LogP contribution is -2.22. The lowest BCUT2D eigenvalue weighted by atomic mass is 10.0. The van der Waals surface area contributed by atoms with Gasteiger partial charge in [-0.25, -0.2) is 5.48 Å². The average Bonchev–Trinajstić information content (AvgIpc) is 3.09. The molecule has 1 atom stereocenters. The van der Waals surface area contributed by atoms with Crippen molar-refractivity contribution in [2.24, 2.45) is 0 Å². The first kappa shape index (κ1) is 16.4. The van der Waals surface area contributed by atoms with E-state index in [0.717, 1.165) is 18.7 Å². The van der Waals surface area contributed by atoms with Gasteiger partial charge < -0.3 is 0 Å². The van der Waals surface area contributed by atoms with E-state index in [4.69, 9.17) is 5.21 Å². The Labute approximate surface area is 142 Å². The van der Waals surface area contributed by atoms with Gasteiger partial charge >= 0.3 is 0 Å². The molecule has 2 N–H and O–H groups in total. The molecule has 0 aromatic heterocycles. The topological polar surface area (TPSA) is 52.6 Å². The van der Waals surface area contributed by atoms with E-state index in [0.29, 0.717) is 6.04 Å². The lowest BCUT2D eigenvalue weighted by molar-refractivity contribution is -0.124. The van der Waals surface area contributed by atoms with E-state index in [-0.39, 0.29) is 0 Å². The van der Waals surface area contributed by atoms with Crippen LogP contribution in [0.1, 0.15) is 35.6 Å². The Morgan fingerprint density at radius 3 is 2.62 bits per heavy atom. The van der Waals surface area contributed by atoms with Crippen LogP contribution in [0.15, 0.2) is 60.7 Å². The Balaban J connectivity index is 1.68. The van der Waals surface area contributed by atoms with Crippen molar-refractivity contribution >= 4 is 12.0 Å². The Bertz CT molecular complexity index is 695. The fourth-order valence-corrected chi connectivity index (χ4v) is 3.25. The summed E-state index contributed by atoms with van der Waals surface area (Å²) >= 11 is 0. The van der Waals surface area contributed by atoms with E-state index in [2.05, 4.69) is 41.3 Å². The number of benzene rings is 2. The van der Waals surface area contributed by atoms with E-state index in [9.17, 15) is 4.79 Å². The summed E-state index contributed by atoms with van der Waals surface area (Å²) in [4.78, 5) is 13.6. The van der Waals surface area contributed by atoms with Gasteiger partial charge in [0.15, 0.2) is 0 Å². The molecule has 1 aliphatic heterocycles. The number of hydroxylamine groups is 1. The van der Waals surface area contributed by atoms with Crippen LogP contribution in [0.25, 0.3) is 6.08 Å². The molecule has 1 heterocycles. The van der Waals surface area contributed by atoms with Crippen LogP contribution in [-0.2, 0) is 11.3 Å². The van der Waals surface area contributed by atoms with Gasteiger partial charge in [-0.15, -0.1) is 0 Å². The van der Waals surface area contributed by atoms with Gasteiger partial charge in [-0.1, -0.05) is 54.6 Å². The van der Waals surface area contributed by atoms with Crippen LogP contribution >= 0.6 is 0 Å². The number of carbonyl (C=O) groups is 1. The van der Waals surface area contributed by atoms with Crippen molar-refractivity contribution in [1.82, 2.24) is 10.4 Å². The van der Waals surface area contributed by atoms with Crippen LogP contribution in [0.2, 0.25) is 0 Å². The highest BCUT2D eigenvalue weighted by atomic mass is 16.5. The summed E-state index contributed by atoms with van der Waals surface area (Å²) in [6.07, 6.45) is 5.39. The fraction of sp³-hybridized carbons (Fsp3) is 0.250. The predicted octanol–water partition coefficient (Wildman–Crippen LogP) is 3.54. The number of nitrogens with zero attached hydrogens (tertiary/aromatic N) is 1. The number of hydrogen-bond acceptors (Lipinski definition) is 3. The van der Waals surface area contributed by atoms with E-state index < -0.39 is 5.91 Å². The molecule has 1 amide bonds. The van der Waals surface area contributed by atoms with Crippen LogP contribution in [0.4, 0.5) is 0 Å². The predicted molar refractivity (Wildman–Crippen MR) is 94.2 cm³/mol. The van der Waals surface area contributed by atoms with E-state index in [1.807, 2.05) is 18.2 Å². The molecule has 1 saturated heterocycles. The fourth-order valence-electron chi connectivity index (χ4n) is 3.25. The normalized spacial score (nSPS) is 18.1. The van der Waals surface area contributed by atoms with Gasteiger partial charge in [0, 0.05) is 18.7 Å². The third kappa shape index (κ3) is 4.10. The third-order valence-electron chi connectivity index (χ3n) is 4.45. The molecular formula is C20H22N2O2. The van der Waals surface area contributed by atoms with Gasteiger partial charge in [0.1, 0.15) is 0 Å². The quantitative estimate of drug-likeness (QED) is 0.503. The number of amides is 1. The second kappa shape index (κ2) is 7.90. The van der Waals surface area contributed by atoms with E-state index in [1.54, 1.807) is 11.6 Å². The minimum absolute atomic E-state index is 0.448. The highest BCUT2D eigenvalue weighted by Gasteiger charge is 2.25. The van der Waals surface area contributed by atoms with Crippen molar-refractivity contribution in [2.45, 2.75) is 25.4 Å². The monoisotopic (exact) mass is 322 g/mol. The Hall–Kier alpha value is -2.43. The van der Waals surface area contributed by atoms with Gasteiger partial charge in [-0.05, 0) is 42.2 Å². The van der Waals surface area contributed by atoms with Crippen molar-refractivity contribution in [3.63, 3.8) is 0 Å². The number of hydrogen-bond donors (Lipinski definition) is 2. The molecule has 0 radical (unpaired) electrons. The molecule has 1 fully saturated rings. The van der Waals surface area contributed by atoms with Crippen molar-refractivity contribution in [1.29, 1.82) is 0 Å². The van der Waals surface area contributed by atoms with Crippen LogP contribution in [0.3, 0.4) is 0 Å². The molecule has 0 saturated carbocycles. The highest BCUT2D eigenvalue weighted by Crippen LogP contribution is 2.33. The summed E-state index contributed by atoms with van der Waals surface area (Å²) in [7, 11) is 0. The molecule has 0 unspecified atom stereocenters. The standard InChI is InChI=1S/C20H22N2O2/c23-20(21-24)13-10-16-8-11-18(12-9-16)19-7-4-14-22(19)15-17-5-2-1-3-6-17/h1-3,5-6,8-13,19,24H,4,7,14-15H2,(H,21,23)/b13-10+/t19-/m0/s1. The van der Waals surface area contributed by atoms with Gasteiger partial charge in [0.25, 0.3) is 5.91 Å². The van der Waals surface area contributed by atoms with E-state index >= 15 is 0 Å². The van der Waals surface area contributed by atoms with Crippen LogP contribution in [-0.4, -0.2) is 22.6 Å². The molecule has 1 aliphatic rings. The maximum absolute atomic E-state index is 11.0. The summed E-state index contributed by atoms with van der Waals surface area (Å²) in [5.41, 5.74) is 5.19. The maximum atomic E-state index is 11.0. The van der Waals surface area contributed by atoms with Crippen LogP contribution in [0.5, 0.6) is 0 Å². The molecule has 3 rings (SSSR count). The molecule has 2 aromatic carbocycles. The summed E-state index contributed by atoms with van der Waals surface area (Å²) in [6.45, 7) is 2.10. The van der Waals surface area contributed by atoms with Gasteiger partial charge in [-0.3, -0.25) is 14.9 Å². The molecule has 0 aliphatic carbocycles. The Morgan fingerprint density at radius 2 is 1.92 bits per heavy atom. The molecule has 0 spiro atoms. The number of carbonyl (C=O) groups excluding carboxylic acids is 1. The summed E-state index contributed by atoms with van der Waals surface area (Å²) in [5, 5.41) is 8.49. The first-order chi connectivity index (χ1) is 11.8. The number of rotatable bonds is 5. The molecule has 4 heteroatoms. The Morgan fingerprint density at radius 1 is 1.17 bits per heavy atom. The summed E-state index contributed by atoms with van der Waals surface area (Å²) in [5.74, 6) is -0.524. The molecule has 4 nitrogen and oxygen atoms in total. The molecule has 124 valence electrons. The second-order valence-corrected chi connectivity index (χ2v) is 6.09. The van der Waals surface area contributed by atoms with Crippen molar-refractivity contribution in [2.75, 3.05) is 6.54 Å². The molecular weight excluding hydrogens is 300 g/mol. The molecule has 2 aromatic rings. The first-order valence-electron chi connectivity index (χ1n) is 8.26. The summed E-state index contributed by atoms with van der Waals surface area (Å²) in [6, 6.07) is 19.3. The highest BCUT2D eigenvalue weighted by molar-refractivity contribution is 5.90. The second-order valence-electron chi connectivity index (χ2n) is 6.09. The maximum Gasteiger partial charge on any atom is 0.267 e. The largest absolute Gasteiger partial charge is 0.292 e. The Kier molecular flexibility index (Phi) is 5.41. The zero-order valence-electron chi connectivity index (χ0n) is 13.6. The van der Waals surface area contributed by atoms with Crippen molar-refractivity contribution in [3.05, 3.63) is 77.4 Å². The SMILES string of the molecule is O=C(/C=C/c1ccc([C@@H]2CCCN2Cc2ccccc2)cc1)NO. The van der Waals surface area contributed by atoms with E-state index in [1.165, 1.54) is 30.0 Å². The first-order valence-corrected chi connectivity index (χ1v) is 8.26. The number of nitrogens with one attached hydrogen (secondary N) is 1. The van der Waals surface area contributed by atoms with Gasteiger partial charge in [-0.2, -0.15) is 0 Å². The molecule has 24 heavy (non-hydrogen) atoms. The zero-order valence-corrected chi connectivity index (χ0v) is 13.6. The van der Waals surface area contributed by atoms with Crippen LogP contribution < -0.4 is 5.48 Å². The minimum Gasteiger partial charge on any atom is -0.292 e. The average molecular weight is 322 g/mol. The smallest absolute Gasteiger partial charge is 0.267 e. The van der Waals surface area contributed by atoms with Gasteiger partial charge in [0.2, 0.25) is 0 Å². The van der Waals surface area contributed by atoms with Crippen molar-refractivity contribution in [3.8, 4) is 0 Å². The lowest BCUT2D eigenvalue weighted by Gasteiger charge is -2.25. The minimum atomic E-state index is -0.524. The zero-order chi connectivity index (χ0) is 16.8.